The predicted molar refractivity (Wildman–Crippen MR) is 74.5 cm³/mol. The van der Waals surface area contributed by atoms with Crippen LogP contribution < -0.4 is 0 Å². The molecule has 0 aromatic carbocycles. The average molecular weight is 360 g/mol. The number of ketones is 1. The van der Waals surface area contributed by atoms with Crippen LogP contribution in [0.4, 0.5) is 0 Å². The molecule has 0 aromatic heterocycles. The summed E-state index contributed by atoms with van der Waals surface area (Å²) in [7, 11) is 2.85. The van der Waals surface area contributed by atoms with Gasteiger partial charge in [0.1, 0.15) is 5.78 Å². The summed E-state index contributed by atoms with van der Waals surface area (Å²) in [4.78, 5) is 24.0. The summed E-state index contributed by atoms with van der Waals surface area (Å²) in [6, 6.07) is 0. The van der Waals surface area contributed by atoms with Gasteiger partial charge in [-0.3, -0.25) is 9.59 Å². The van der Waals surface area contributed by atoms with Gasteiger partial charge in [0.15, 0.2) is 0 Å². The minimum atomic E-state index is -0.723. The zero-order valence-electron chi connectivity index (χ0n) is 13.7. The molecule has 0 rings (SSSR count). The van der Waals surface area contributed by atoms with Crippen LogP contribution in [0, 0.1) is 23.7 Å². The Labute approximate surface area is 148 Å². The van der Waals surface area contributed by atoms with Crippen LogP contribution in [0.2, 0.25) is 0 Å². The molecule has 0 amide bonds. The maximum atomic E-state index is 12.6. The van der Waals surface area contributed by atoms with Crippen molar-refractivity contribution in [1.82, 2.24) is 0 Å². The summed E-state index contributed by atoms with van der Waals surface area (Å²) < 4.78 is 9.99. The van der Waals surface area contributed by atoms with Gasteiger partial charge in [-0.25, -0.2) is 0 Å². The minimum Gasteiger partial charge on any atom is -0.469 e. The molecule has 0 aromatic rings. The number of rotatable bonds is 8. The van der Waals surface area contributed by atoms with E-state index in [0.717, 1.165) is 0 Å². The van der Waals surface area contributed by atoms with Gasteiger partial charge in [-0.1, -0.05) is 27.7 Å². The van der Waals surface area contributed by atoms with E-state index in [4.69, 9.17) is 4.74 Å². The Balaban J connectivity index is 0. The zero-order valence-corrected chi connectivity index (χ0v) is 16.6. The maximum Gasteiger partial charge on any atom is 0.308 e. The van der Waals surface area contributed by atoms with Crippen molar-refractivity contribution in [2.75, 3.05) is 14.2 Å². The molecule has 0 spiro atoms. The Morgan fingerprint density at radius 1 is 1.20 bits per heavy atom. The quantitative estimate of drug-likeness (QED) is 0.493. The van der Waals surface area contributed by atoms with Gasteiger partial charge in [-0.05, 0) is 5.92 Å². The number of carbonyl (C=O) groups excluding carboxylic acids is 2. The Kier molecular flexibility index (Phi) is 11.3. The van der Waals surface area contributed by atoms with Gasteiger partial charge in [0.25, 0.3) is 0 Å². The molecular formula is C15H27O4Y-. The molecule has 3 atom stereocenters. The third-order valence-electron chi connectivity index (χ3n) is 4.03. The molecule has 0 fully saturated rings. The fourth-order valence-electron chi connectivity index (χ4n) is 2.14. The standard InChI is InChI=1S/C15H27O4.Y/c1-8-10(2)11(3)14(17)15(4,5)12(18-6)9-13(16)19-7;/h8,10-12H,9H2,1-7H3;/q-1;. The van der Waals surface area contributed by atoms with Crippen LogP contribution >= 0.6 is 0 Å². The van der Waals surface area contributed by atoms with Crippen LogP contribution in [-0.2, 0) is 51.8 Å². The Morgan fingerprint density at radius 3 is 2.05 bits per heavy atom. The van der Waals surface area contributed by atoms with Crippen molar-refractivity contribution < 1.29 is 51.8 Å². The summed E-state index contributed by atoms with van der Waals surface area (Å²) >= 11 is 0. The Hall–Kier alpha value is 0.204. The SMILES string of the molecule is C[CH-]C(C)C(C)C(=O)C(C)(C)C(CC(=O)OC)OC.[Y]. The fraction of sp³-hybridized carbons (Fsp3) is 0.800. The molecule has 115 valence electrons. The fourth-order valence-corrected chi connectivity index (χ4v) is 2.14. The van der Waals surface area contributed by atoms with Gasteiger partial charge >= 0.3 is 5.97 Å². The van der Waals surface area contributed by atoms with Crippen molar-refractivity contribution >= 4 is 11.8 Å². The van der Waals surface area contributed by atoms with E-state index in [-0.39, 0.29) is 62.7 Å². The van der Waals surface area contributed by atoms with Crippen molar-refractivity contribution in [1.29, 1.82) is 0 Å². The van der Waals surface area contributed by atoms with Crippen LogP contribution in [-0.4, -0.2) is 32.1 Å². The number of esters is 1. The van der Waals surface area contributed by atoms with E-state index in [1.165, 1.54) is 14.2 Å². The molecular weight excluding hydrogens is 333 g/mol. The van der Waals surface area contributed by atoms with E-state index >= 15 is 0 Å². The van der Waals surface area contributed by atoms with Crippen molar-refractivity contribution in [3.05, 3.63) is 6.42 Å². The second-order valence-corrected chi connectivity index (χ2v) is 5.57. The average Bonchev–Trinajstić information content (AvgIpc) is 2.41. The van der Waals surface area contributed by atoms with Gasteiger partial charge < -0.3 is 15.9 Å². The first-order valence-corrected chi connectivity index (χ1v) is 6.65. The van der Waals surface area contributed by atoms with E-state index in [9.17, 15) is 9.59 Å². The second kappa shape index (κ2) is 10.0. The molecule has 0 bridgehead atoms. The molecule has 3 unspecified atom stereocenters. The first-order valence-electron chi connectivity index (χ1n) is 6.65. The van der Waals surface area contributed by atoms with Gasteiger partial charge in [-0.15, -0.1) is 0 Å². The topological polar surface area (TPSA) is 52.6 Å². The largest absolute Gasteiger partial charge is 0.469 e. The van der Waals surface area contributed by atoms with E-state index in [1.54, 1.807) is 0 Å². The summed E-state index contributed by atoms with van der Waals surface area (Å²) in [6.45, 7) is 9.53. The summed E-state index contributed by atoms with van der Waals surface area (Å²) in [5, 5.41) is 0. The molecule has 0 saturated carbocycles. The van der Waals surface area contributed by atoms with E-state index < -0.39 is 11.5 Å². The molecule has 0 N–H and O–H groups in total. The third kappa shape index (κ3) is 5.91. The normalized spacial score (nSPS) is 15.8. The molecule has 1 radical (unpaired) electrons. The van der Waals surface area contributed by atoms with Crippen molar-refractivity contribution in [2.24, 2.45) is 17.3 Å². The van der Waals surface area contributed by atoms with Crippen molar-refractivity contribution in [3.63, 3.8) is 0 Å². The Bertz CT molecular complexity index is 315. The van der Waals surface area contributed by atoms with Crippen LogP contribution in [0.15, 0.2) is 0 Å². The van der Waals surface area contributed by atoms with Gasteiger partial charge in [0.05, 0.1) is 25.0 Å². The second-order valence-electron chi connectivity index (χ2n) is 5.57. The first kappa shape index (κ1) is 22.5. The van der Waals surface area contributed by atoms with Crippen molar-refractivity contribution in [2.45, 2.75) is 47.1 Å². The minimum absolute atomic E-state index is 0. The molecule has 5 heteroatoms. The molecule has 0 heterocycles. The van der Waals surface area contributed by atoms with Gasteiger partial charge in [-0.2, -0.15) is 12.8 Å². The number of ether oxygens (including phenoxy) is 2. The smallest absolute Gasteiger partial charge is 0.308 e. The summed E-state index contributed by atoms with van der Waals surface area (Å²) in [5.74, 6) is -0.165. The molecule has 0 aliphatic carbocycles. The molecule has 0 aliphatic heterocycles. The van der Waals surface area contributed by atoms with E-state index in [2.05, 4.69) is 4.74 Å². The number of Topliss-reactive ketones (excluding diaryl/α,β-unsaturated/α-hetero) is 1. The number of hydrogen-bond acceptors (Lipinski definition) is 4. The number of carbonyl (C=O) groups is 2. The predicted octanol–water partition coefficient (Wildman–Crippen LogP) is 2.65. The van der Waals surface area contributed by atoms with Crippen LogP contribution in [0.1, 0.15) is 41.0 Å². The zero-order chi connectivity index (χ0) is 15.2. The van der Waals surface area contributed by atoms with Crippen LogP contribution in [0.25, 0.3) is 0 Å². The molecule has 4 nitrogen and oxygen atoms in total. The molecule has 0 aliphatic rings. The van der Waals surface area contributed by atoms with Crippen LogP contribution in [0.5, 0.6) is 0 Å². The van der Waals surface area contributed by atoms with E-state index in [1.807, 2.05) is 41.0 Å². The van der Waals surface area contributed by atoms with Crippen LogP contribution in [0.3, 0.4) is 0 Å². The first-order chi connectivity index (χ1) is 8.72. The number of methoxy groups -OCH3 is 2. The maximum absolute atomic E-state index is 12.6. The van der Waals surface area contributed by atoms with Crippen molar-refractivity contribution in [3.8, 4) is 0 Å². The summed E-state index contributed by atoms with van der Waals surface area (Å²) in [5.41, 5.74) is -0.723. The number of hydrogen-bond donors (Lipinski definition) is 0. The molecule has 0 saturated heterocycles. The van der Waals surface area contributed by atoms with Gasteiger partial charge in [0, 0.05) is 39.8 Å². The van der Waals surface area contributed by atoms with Gasteiger partial charge in [0.2, 0.25) is 0 Å². The monoisotopic (exact) mass is 360 g/mol. The Morgan fingerprint density at radius 2 is 1.70 bits per heavy atom. The summed E-state index contributed by atoms with van der Waals surface area (Å²) in [6.07, 6.45) is 1.63. The molecule has 20 heavy (non-hydrogen) atoms. The third-order valence-corrected chi connectivity index (χ3v) is 4.03. The van der Waals surface area contributed by atoms with E-state index in [0.29, 0.717) is 0 Å².